The minimum atomic E-state index is -0.731. The Morgan fingerprint density at radius 3 is 2.87 bits per heavy atom. The maximum absolute atomic E-state index is 9.67. The van der Waals surface area contributed by atoms with Crippen molar-refractivity contribution in [2.45, 2.75) is 31.6 Å². The molecule has 0 spiro atoms. The molecule has 86 valence electrons. The van der Waals surface area contributed by atoms with Crippen LogP contribution in [0.1, 0.15) is 24.7 Å². The van der Waals surface area contributed by atoms with Crippen LogP contribution in [0.15, 0.2) is 16.7 Å². The average molecular weight is 229 g/mol. The summed E-state index contributed by atoms with van der Waals surface area (Å²) in [5, 5.41) is 9.67. The first-order chi connectivity index (χ1) is 7.05. The van der Waals surface area contributed by atoms with E-state index < -0.39 is 5.60 Å². The highest BCUT2D eigenvalue weighted by Crippen LogP contribution is 2.19. The van der Waals surface area contributed by atoms with Crippen molar-refractivity contribution >= 4 is 11.8 Å². The molecule has 0 fully saturated rings. The summed E-state index contributed by atoms with van der Waals surface area (Å²) in [5.41, 5.74) is 5.89. The SMILES string of the molecule is Cc1ccoc1CSCCC(C)(O)CN. The van der Waals surface area contributed by atoms with Gasteiger partial charge in [0, 0.05) is 6.54 Å². The van der Waals surface area contributed by atoms with E-state index in [-0.39, 0.29) is 0 Å². The quantitative estimate of drug-likeness (QED) is 0.732. The first-order valence-corrected chi connectivity index (χ1v) is 6.24. The maximum atomic E-state index is 9.67. The lowest BCUT2D eigenvalue weighted by atomic mass is 10.1. The van der Waals surface area contributed by atoms with E-state index in [9.17, 15) is 5.11 Å². The van der Waals surface area contributed by atoms with Crippen molar-refractivity contribution < 1.29 is 9.52 Å². The number of hydrogen-bond acceptors (Lipinski definition) is 4. The van der Waals surface area contributed by atoms with Crippen LogP contribution in [0.25, 0.3) is 0 Å². The van der Waals surface area contributed by atoms with E-state index in [0.29, 0.717) is 13.0 Å². The van der Waals surface area contributed by atoms with Crippen LogP contribution in [0, 0.1) is 6.92 Å². The minimum absolute atomic E-state index is 0.313. The zero-order chi connectivity index (χ0) is 11.3. The molecule has 1 rings (SSSR count). The predicted molar refractivity (Wildman–Crippen MR) is 63.9 cm³/mol. The van der Waals surface area contributed by atoms with Gasteiger partial charge in [-0.2, -0.15) is 11.8 Å². The molecule has 0 saturated carbocycles. The summed E-state index contributed by atoms with van der Waals surface area (Å²) in [5.74, 6) is 2.77. The molecular formula is C11H19NO2S. The lowest BCUT2D eigenvalue weighted by Crippen LogP contribution is -2.34. The summed E-state index contributed by atoms with van der Waals surface area (Å²) in [6, 6.07) is 1.96. The first kappa shape index (κ1) is 12.6. The third-order valence-corrected chi connectivity index (χ3v) is 3.39. The highest BCUT2D eigenvalue weighted by atomic mass is 32.2. The smallest absolute Gasteiger partial charge is 0.116 e. The van der Waals surface area contributed by atoms with Gasteiger partial charge in [0.1, 0.15) is 5.76 Å². The molecule has 4 heteroatoms. The molecule has 0 radical (unpaired) electrons. The largest absolute Gasteiger partial charge is 0.468 e. The topological polar surface area (TPSA) is 59.4 Å². The van der Waals surface area contributed by atoms with E-state index in [1.165, 1.54) is 5.56 Å². The Balaban J connectivity index is 2.20. The molecule has 1 aromatic rings. The van der Waals surface area contributed by atoms with Gasteiger partial charge in [0.25, 0.3) is 0 Å². The van der Waals surface area contributed by atoms with E-state index in [1.54, 1.807) is 24.9 Å². The summed E-state index contributed by atoms with van der Waals surface area (Å²) >= 11 is 1.76. The van der Waals surface area contributed by atoms with Gasteiger partial charge in [0.2, 0.25) is 0 Å². The van der Waals surface area contributed by atoms with Crippen LogP contribution in [-0.4, -0.2) is 23.0 Å². The minimum Gasteiger partial charge on any atom is -0.468 e. The molecule has 1 heterocycles. The Labute approximate surface area is 95.0 Å². The maximum Gasteiger partial charge on any atom is 0.116 e. The first-order valence-electron chi connectivity index (χ1n) is 5.08. The van der Waals surface area contributed by atoms with Crippen LogP contribution >= 0.6 is 11.8 Å². The van der Waals surface area contributed by atoms with E-state index >= 15 is 0 Å². The predicted octanol–water partition coefficient (Wildman–Crippen LogP) is 1.92. The Kier molecular flexibility index (Phi) is 4.70. The molecule has 1 unspecified atom stereocenters. The van der Waals surface area contributed by atoms with Gasteiger partial charge >= 0.3 is 0 Å². The molecule has 1 atom stereocenters. The van der Waals surface area contributed by atoms with E-state index in [1.807, 2.05) is 13.0 Å². The molecule has 0 aliphatic carbocycles. The molecule has 3 nitrogen and oxygen atoms in total. The number of rotatable bonds is 6. The van der Waals surface area contributed by atoms with Crippen molar-refractivity contribution in [3.8, 4) is 0 Å². The average Bonchev–Trinajstić information content (AvgIpc) is 2.59. The molecular weight excluding hydrogens is 210 g/mol. The van der Waals surface area contributed by atoms with Gasteiger partial charge in [-0.05, 0) is 37.7 Å². The summed E-state index contributed by atoms with van der Waals surface area (Å²) < 4.78 is 5.31. The van der Waals surface area contributed by atoms with Crippen LogP contribution in [0.3, 0.4) is 0 Å². The highest BCUT2D eigenvalue weighted by molar-refractivity contribution is 7.98. The van der Waals surface area contributed by atoms with E-state index in [4.69, 9.17) is 10.2 Å². The molecule has 0 saturated heterocycles. The van der Waals surface area contributed by atoms with Crippen LogP contribution < -0.4 is 5.73 Å². The Morgan fingerprint density at radius 2 is 2.33 bits per heavy atom. The Hall–Kier alpha value is -0.450. The van der Waals surface area contributed by atoms with Gasteiger partial charge in [0.05, 0.1) is 17.6 Å². The highest BCUT2D eigenvalue weighted by Gasteiger charge is 2.17. The van der Waals surface area contributed by atoms with Crippen LogP contribution in [-0.2, 0) is 5.75 Å². The van der Waals surface area contributed by atoms with Gasteiger partial charge in [0.15, 0.2) is 0 Å². The van der Waals surface area contributed by atoms with Gasteiger partial charge in [-0.15, -0.1) is 0 Å². The molecule has 15 heavy (non-hydrogen) atoms. The fourth-order valence-electron chi connectivity index (χ4n) is 1.11. The van der Waals surface area contributed by atoms with Gasteiger partial charge in [-0.25, -0.2) is 0 Å². The van der Waals surface area contributed by atoms with Crippen molar-refractivity contribution in [2.24, 2.45) is 5.73 Å². The van der Waals surface area contributed by atoms with Gasteiger partial charge in [-0.3, -0.25) is 0 Å². The molecule has 0 bridgehead atoms. The second-order valence-electron chi connectivity index (χ2n) is 4.03. The van der Waals surface area contributed by atoms with Gasteiger partial charge < -0.3 is 15.3 Å². The molecule has 0 aromatic carbocycles. The summed E-state index contributed by atoms with van der Waals surface area (Å²) in [4.78, 5) is 0. The third-order valence-electron chi connectivity index (χ3n) is 2.43. The fraction of sp³-hybridized carbons (Fsp3) is 0.636. The van der Waals surface area contributed by atoms with Crippen LogP contribution in [0.4, 0.5) is 0 Å². The Morgan fingerprint density at radius 1 is 1.60 bits per heavy atom. The van der Waals surface area contributed by atoms with Crippen LogP contribution in [0.2, 0.25) is 0 Å². The molecule has 1 aromatic heterocycles. The van der Waals surface area contributed by atoms with Crippen LogP contribution in [0.5, 0.6) is 0 Å². The van der Waals surface area contributed by atoms with Crippen molar-refractivity contribution in [2.75, 3.05) is 12.3 Å². The number of thioether (sulfide) groups is 1. The monoisotopic (exact) mass is 229 g/mol. The standard InChI is InChI=1S/C11H19NO2S/c1-9-3-5-14-10(9)7-15-6-4-11(2,13)8-12/h3,5,13H,4,6-8,12H2,1-2H3. The van der Waals surface area contributed by atoms with Crippen molar-refractivity contribution in [3.05, 3.63) is 23.7 Å². The summed E-state index contributed by atoms with van der Waals surface area (Å²) in [6.07, 6.45) is 2.43. The number of aliphatic hydroxyl groups is 1. The lowest BCUT2D eigenvalue weighted by Gasteiger charge is -2.20. The third kappa shape index (κ3) is 4.28. The van der Waals surface area contributed by atoms with Gasteiger partial charge in [-0.1, -0.05) is 0 Å². The number of aryl methyl sites for hydroxylation is 1. The zero-order valence-electron chi connectivity index (χ0n) is 9.32. The summed E-state index contributed by atoms with van der Waals surface area (Å²) in [7, 11) is 0. The molecule has 0 aliphatic rings. The molecule has 0 aliphatic heterocycles. The van der Waals surface area contributed by atoms with E-state index in [0.717, 1.165) is 17.3 Å². The fourth-order valence-corrected chi connectivity index (χ4v) is 2.32. The second kappa shape index (κ2) is 5.58. The number of hydrogen-bond donors (Lipinski definition) is 2. The Bertz CT molecular complexity index is 297. The second-order valence-corrected chi connectivity index (χ2v) is 5.14. The summed E-state index contributed by atoms with van der Waals surface area (Å²) in [6.45, 7) is 4.12. The zero-order valence-corrected chi connectivity index (χ0v) is 10.1. The van der Waals surface area contributed by atoms with Crippen molar-refractivity contribution in [3.63, 3.8) is 0 Å². The molecule has 0 amide bonds. The normalized spacial score (nSPS) is 15.2. The lowest BCUT2D eigenvalue weighted by molar-refractivity contribution is 0.0665. The van der Waals surface area contributed by atoms with E-state index in [2.05, 4.69) is 0 Å². The number of furan rings is 1. The van der Waals surface area contributed by atoms with Crippen molar-refractivity contribution in [1.82, 2.24) is 0 Å². The molecule has 3 N–H and O–H groups in total. The number of nitrogens with two attached hydrogens (primary N) is 1. The van der Waals surface area contributed by atoms with Crippen molar-refractivity contribution in [1.29, 1.82) is 0 Å².